The fourth-order valence-corrected chi connectivity index (χ4v) is 1.13. The van der Waals surface area contributed by atoms with Gasteiger partial charge in [0.1, 0.15) is 5.75 Å². The van der Waals surface area contributed by atoms with E-state index in [1.807, 2.05) is 18.2 Å². The third-order valence-electron chi connectivity index (χ3n) is 2.13. The van der Waals surface area contributed by atoms with Crippen molar-refractivity contribution in [1.82, 2.24) is 0 Å². The Balaban J connectivity index is 3.10. The van der Waals surface area contributed by atoms with Gasteiger partial charge in [0.25, 0.3) is 0 Å². The number of benzene rings is 1. The van der Waals surface area contributed by atoms with E-state index in [1.54, 1.807) is 6.07 Å². The van der Waals surface area contributed by atoms with Gasteiger partial charge in [-0.1, -0.05) is 45.5 Å². The Morgan fingerprint density at radius 1 is 1.23 bits per heavy atom. The number of para-hydroxylation sites is 1. The van der Waals surface area contributed by atoms with E-state index in [1.165, 1.54) is 0 Å². The van der Waals surface area contributed by atoms with Crippen LogP contribution in [0.1, 0.15) is 26.3 Å². The fraction of sp³-hybridized carbons (Fsp3) is 0.333. The molecule has 1 heteroatoms. The van der Waals surface area contributed by atoms with Gasteiger partial charge in [-0.05, 0) is 17.1 Å². The van der Waals surface area contributed by atoms with E-state index in [0.29, 0.717) is 5.75 Å². The molecule has 1 aromatic rings. The van der Waals surface area contributed by atoms with Crippen LogP contribution in [0.4, 0.5) is 0 Å². The maximum Gasteiger partial charge on any atom is 0.123 e. The lowest BCUT2D eigenvalue weighted by Crippen LogP contribution is -2.07. The summed E-state index contributed by atoms with van der Waals surface area (Å²) in [6.07, 6.45) is 0. The Hall–Kier alpha value is -1.24. The van der Waals surface area contributed by atoms with Crippen LogP contribution in [-0.2, 0) is 0 Å². The molecule has 13 heavy (non-hydrogen) atoms. The Morgan fingerprint density at radius 3 is 2.23 bits per heavy atom. The van der Waals surface area contributed by atoms with E-state index in [9.17, 15) is 5.11 Å². The Kier molecular flexibility index (Phi) is 2.46. The first-order valence-corrected chi connectivity index (χ1v) is 4.40. The molecule has 1 aromatic carbocycles. The largest absolute Gasteiger partial charge is 0.507 e. The molecule has 0 saturated heterocycles. The number of aromatic hydroxyl groups is 1. The molecular weight excluding hydrogens is 160 g/mol. The van der Waals surface area contributed by atoms with Gasteiger partial charge in [-0.25, -0.2) is 0 Å². The second-order valence-electron chi connectivity index (χ2n) is 4.25. The van der Waals surface area contributed by atoms with E-state index in [4.69, 9.17) is 0 Å². The molecule has 0 amide bonds. The predicted octanol–water partition coefficient (Wildman–Crippen LogP) is 3.45. The summed E-state index contributed by atoms with van der Waals surface area (Å²) in [7, 11) is 0. The van der Waals surface area contributed by atoms with Gasteiger partial charge in [-0.3, -0.25) is 0 Å². The molecule has 70 valence electrons. The topological polar surface area (TPSA) is 20.2 Å². The van der Waals surface area contributed by atoms with Gasteiger partial charge >= 0.3 is 0 Å². The standard InChI is InChI=1S/C12H16O/c1-9(12(2,3)4)10-7-5-6-8-11(10)13/h5-8,13H,1H2,2-4H3. The van der Waals surface area contributed by atoms with Crippen molar-refractivity contribution in [3.05, 3.63) is 36.4 Å². The highest BCUT2D eigenvalue weighted by Gasteiger charge is 2.18. The van der Waals surface area contributed by atoms with Gasteiger partial charge in [-0.2, -0.15) is 0 Å². The van der Waals surface area contributed by atoms with Crippen LogP contribution in [0.15, 0.2) is 30.8 Å². The van der Waals surface area contributed by atoms with Gasteiger partial charge in [0, 0.05) is 5.56 Å². The highest BCUT2D eigenvalue weighted by Crippen LogP contribution is 2.36. The lowest BCUT2D eigenvalue weighted by atomic mass is 9.83. The molecule has 0 unspecified atom stereocenters. The summed E-state index contributed by atoms with van der Waals surface area (Å²) in [6.45, 7) is 10.3. The first-order chi connectivity index (χ1) is 5.93. The third kappa shape index (κ3) is 2.11. The molecule has 0 radical (unpaired) electrons. The summed E-state index contributed by atoms with van der Waals surface area (Å²) in [5, 5.41) is 9.58. The molecule has 0 aliphatic carbocycles. The number of phenols is 1. The lowest BCUT2D eigenvalue weighted by Gasteiger charge is -2.22. The number of hydrogen-bond donors (Lipinski definition) is 1. The zero-order chi connectivity index (χ0) is 10.1. The molecule has 0 saturated carbocycles. The van der Waals surface area contributed by atoms with Crippen molar-refractivity contribution in [2.45, 2.75) is 20.8 Å². The molecule has 1 rings (SSSR count). The van der Waals surface area contributed by atoms with E-state index < -0.39 is 0 Å². The van der Waals surface area contributed by atoms with Crippen LogP contribution in [0.5, 0.6) is 5.75 Å². The number of allylic oxidation sites excluding steroid dienone is 1. The normalized spacial score (nSPS) is 11.3. The zero-order valence-electron chi connectivity index (χ0n) is 8.46. The van der Waals surface area contributed by atoms with Crippen LogP contribution in [0.2, 0.25) is 0 Å². The average Bonchev–Trinajstić information content (AvgIpc) is 2.02. The molecule has 0 atom stereocenters. The van der Waals surface area contributed by atoms with Crippen LogP contribution in [0.25, 0.3) is 5.57 Å². The Labute approximate surface area is 79.7 Å². The van der Waals surface area contributed by atoms with Crippen molar-refractivity contribution in [2.75, 3.05) is 0 Å². The number of phenolic OH excluding ortho intramolecular Hbond substituents is 1. The minimum Gasteiger partial charge on any atom is -0.507 e. The van der Waals surface area contributed by atoms with Gasteiger partial charge in [0.05, 0.1) is 0 Å². The van der Waals surface area contributed by atoms with Crippen LogP contribution in [0.3, 0.4) is 0 Å². The van der Waals surface area contributed by atoms with Crippen molar-refractivity contribution in [3.8, 4) is 5.75 Å². The minimum absolute atomic E-state index is 0.00116. The fourth-order valence-electron chi connectivity index (χ4n) is 1.13. The highest BCUT2D eigenvalue weighted by atomic mass is 16.3. The molecule has 0 bridgehead atoms. The van der Waals surface area contributed by atoms with Crippen LogP contribution in [0, 0.1) is 5.41 Å². The van der Waals surface area contributed by atoms with Crippen LogP contribution in [-0.4, -0.2) is 5.11 Å². The first-order valence-electron chi connectivity index (χ1n) is 4.40. The van der Waals surface area contributed by atoms with Crippen molar-refractivity contribution in [2.24, 2.45) is 5.41 Å². The van der Waals surface area contributed by atoms with Crippen LogP contribution >= 0.6 is 0 Å². The summed E-state index contributed by atoms with van der Waals surface area (Å²) in [4.78, 5) is 0. The van der Waals surface area contributed by atoms with Gasteiger partial charge in [0.15, 0.2) is 0 Å². The second kappa shape index (κ2) is 3.25. The molecule has 0 aromatic heterocycles. The molecule has 0 spiro atoms. The first kappa shape index (κ1) is 9.85. The van der Waals surface area contributed by atoms with Crippen LogP contribution < -0.4 is 0 Å². The maximum absolute atomic E-state index is 9.58. The summed E-state index contributed by atoms with van der Waals surface area (Å²) in [5.41, 5.74) is 1.80. The van der Waals surface area contributed by atoms with E-state index in [-0.39, 0.29) is 5.41 Å². The Morgan fingerprint density at radius 2 is 1.77 bits per heavy atom. The summed E-state index contributed by atoms with van der Waals surface area (Å²) in [6, 6.07) is 7.30. The molecular formula is C12H16O. The molecule has 0 aliphatic rings. The molecule has 1 nitrogen and oxygen atoms in total. The van der Waals surface area contributed by atoms with E-state index in [2.05, 4.69) is 27.4 Å². The molecule has 0 aliphatic heterocycles. The summed E-state index contributed by atoms with van der Waals surface area (Å²) >= 11 is 0. The molecule has 0 fully saturated rings. The van der Waals surface area contributed by atoms with E-state index >= 15 is 0 Å². The highest BCUT2D eigenvalue weighted by molar-refractivity contribution is 5.71. The molecule has 0 heterocycles. The second-order valence-corrected chi connectivity index (χ2v) is 4.25. The van der Waals surface area contributed by atoms with Crippen molar-refractivity contribution in [3.63, 3.8) is 0 Å². The monoisotopic (exact) mass is 176 g/mol. The smallest absolute Gasteiger partial charge is 0.123 e. The summed E-state index contributed by atoms with van der Waals surface area (Å²) in [5.74, 6) is 0.308. The third-order valence-corrected chi connectivity index (χ3v) is 2.13. The number of rotatable bonds is 1. The van der Waals surface area contributed by atoms with Gasteiger partial charge < -0.3 is 5.11 Å². The van der Waals surface area contributed by atoms with Crippen molar-refractivity contribution < 1.29 is 5.11 Å². The van der Waals surface area contributed by atoms with Gasteiger partial charge in [0.2, 0.25) is 0 Å². The van der Waals surface area contributed by atoms with Gasteiger partial charge in [-0.15, -0.1) is 0 Å². The predicted molar refractivity (Wildman–Crippen MR) is 56.6 cm³/mol. The average molecular weight is 176 g/mol. The number of hydrogen-bond acceptors (Lipinski definition) is 1. The van der Waals surface area contributed by atoms with Crippen molar-refractivity contribution >= 4 is 5.57 Å². The quantitative estimate of drug-likeness (QED) is 0.694. The summed E-state index contributed by atoms with van der Waals surface area (Å²) < 4.78 is 0. The lowest BCUT2D eigenvalue weighted by molar-refractivity contribution is 0.469. The Bertz CT molecular complexity index is 318. The SMILES string of the molecule is C=C(c1ccccc1O)C(C)(C)C. The van der Waals surface area contributed by atoms with Crippen molar-refractivity contribution in [1.29, 1.82) is 0 Å². The zero-order valence-corrected chi connectivity index (χ0v) is 8.46. The maximum atomic E-state index is 9.58. The minimum atomic E-state index is -0.00116. The molecule has 1 N–H and O–H groups in total. The van der Waals surface area contributed by atoms with E-state index in [0.717, 1.165) is 11.1 Å².